The molecule has 0 saturated heterocycles. The quantitative estimate of drug-likeness (QED) is 0.778. The highest BCUT2D eigenvalue weighted by atomic mass is 32.1. The maximum absolute atomic E-state index is 8.95. The summed E-state index contributed by atoms with van der Waals surface area (Å²) >= 11 is 5.62. The third-order valence-corrected chi connectivity index (χ3v) is 5.29. The lowest BCUT2D eigenvalue weighted by Gasteiger charge is -2.23. The topological polar surface area (TPSA) is 51.6 Å². The summed E-state index contributed by atoms with van der Waals surface area (Å²) in [6.07, 6.45) is 4.77. The Bertz CT molecular complexity index is 776. The van der Waals surface area contributed by atoms with Crippen molar-refractivity contribution in [3.8, 4) is 17.3 Å². The highest BCUT2D eigenvalue weighted by Crippen LogP contribution is 2.50. The maximum atomic E-state index is 8.95. The predicted molar refractivity (Wildman–Crippen MR) is 87.3 cm³/mol. The van der Waals surface area contributed by atoms with E-state index in [4.69, 9.17) is 17.5 Å². The molecule has 4 heteroatoms. The van der Waals surface area contributed by atoms with Gasteiger partial charge in [0.2, 0.25) is 0 Å². The Morgan fingerprint density at radius 3 is 2.67 bits per heavy atom. The SMILES string of the molecule is N#Cc1ccc(-c2ccc3c(c2)C2(CCCC2)C(=S)N3)[nH]1. The van der Waals surface area contributed by atoms with Crippen molar-refractivity contribution >= 4 is 22.9 Å². The van der Waals surface area contributed by atoms with Crippen molar-refractivity contribution in [2.75, 3.05) is 5.32 Å². The lowest BCUT2D eigenvalue weighted by Crippen LogP contribution is -2.29. The van der Waals surface area contributed by atoms with E-state index in [-0.39, 0.29) is 5.41 Å². The summed E-state index contributed by atoms with van der Waals surface area (Å²) < 4.78 is 0. The molecule has 2 aliphatic rings. The molecule has 0 bridgehead atoms. The van der Waals surface area contributed by atoms with Crippen LogP contribution in [0, 0.1) is 11.3 Å². The first-order valence-electron chi connectivity index (χ1n) is 7.28. The predicted octanol–water partition coefficient (Wildman–Crippen LogP) is 4.12. The molecule has 21 heavy (non-hydrogen) atoms. The Labute approximate surface area is 129 Å². The van der Waals surface area contributed by atoms with Crippen LogP contribution in [0.4, 0.5) is 5.69 Å². The zero-order valence-electron chi connectivity index (χ0n) is 11.6. The van der Waals surface area contributed by atoms with Crippen molar-refractivity contribution in [3.05, 3.63) is 41.6 Å². The summed E-state index contributed by atoms with van der Waals surface area (Å²) in [5, 5.41) is 12.3. The van der Waals surface area contributed by atoms with Crippen LogP contribution >= 0.6 is 12.2 Å². The van der Waals surface area contributed by atoms with Crippen LogP contribution in [0.1, 0.15) is 36.9 Å². The second-order valence-corrected chi connectivity index (χ2v) is 6.31. The highest BCUT2D eigenvalue weighted by molar-refractivity contribution is 7.80. The second-order valence-electron chi connectivity index (χ2n) is 5.90. The van der Waals surface area contributed by atoms with Crippen LogP contribution in [0.5, 0.6) is 0 Å². The summed E-state index contributed by atoms with van der Waals surface area (Å²) in [7, 11) is 0. The Balaban J connectivity index is 1.83. The number of nitriles is 1. The van der Waals surface area contributed by atoms with Gasteiger partial charge in [-0.1, -0.05) is 31.1 Å². The van der Waals surface area contributed by atoms with Crippen molar-refractivity contribution < 1.29 is 0 Å². The minimum absolute atomic E-state index is 0.0470. The lowest BCUT2D eigenvalue weighted by atomic mass is 9.80. The first-order valence-corrected chi connectivity index (χ1v) is 7.69. The van der Waals surface area contributed by atoms with Crippen LogP contribution < -0.4 is 5.32 Å². The van der Waals surface area contributed by atoms with E-state index < -0.39 is 0 Å². The third kappa shape index (κ3) is 1.74. The molecule has 0 unspecified atom stereocenters. The van der Waals surface area contributed by atoms with Gasteiger partial charge in [0, 0.05) is 16.8 Å². The highest BCUT2D eigenvalue weighted by Gasteiger charge is 2.45. The fourth-order valence-electron chi connectivity index (χ4n) is 3.68. The number of fused-ring (bicyclic) bond motifs is 2. The van der Waals surface area contributed by atoms with Gasteiger partial charge in [0.05, 0.1) is 4.99 Å². The smallest absolute Gasteiger partial charge is 0.118 e. The Morgan fingerprint density at radius 1 is 1.14 bits per heavy atom. The average molecular weight is 293 g/mol. The number of thiocarbonyl (C=S) groups is 1. The molecule has 104 valence electrons. The molecule has 3 nitrogen and oxygen atoms in total. The zero-order valence-corrected chi connectivity index (χ0v) is 12.4. The molecule has 1 aliphatic heterocycles. The number of aromatic amines is 1. The van der Waals surface area contributed by atoms with Crippen LogP contribution in [0.2, 0.25) is 0 Å². The number of H-pyrrole nitrogens is 1. The first kappa shape index (κ1) is 12.6. The minimum atomic E-state index is 0.0470. The number of hydrogen-bond donors (Lipinski definition) is 2. The molecule has 4 rings (SSSR count). The molecule has 1 fully saturated rings. The Kier molecular flexibility index (Phi) is 2.66. The molecule has 0 amide bonds. The number of hydrogen-bond acceptors (Lipinski definition) is 2. The number of nitrogens with zero attached hydrogens (tertiary/aromatic N) is 1. The Morgan fingerprint density at radius 2 is 1.95 bits per heavy atom. The molecule has 2 heterocycles. The normalized spacial score (nSPS) is 18.5. The monoisotopic (exact) mass is 293 g/mol. The van der Waals surface area contributed by atoms with E-state index in [1.54, 1.807) is 0 Å². The molecule has 1 saturated carbocycles. The first-order chi connectivity index (χ1) is 10.2. The fraction of sp³-hybridized carbons (Fsp3) is 0.294. The number of nitrogens with one attached hydrogen (secondary N) is 2. The second kappa shape index (κ2) is 4.44. The number of benzene rings is 1. The van der Waals surface area contributed by atoms with Gasteiger partial charge in [-0.15, -0.1) is 0 Å². The zero-order chi connectivity index (χ0) is 14.4. The molecule has 1 spiro atoms. The fourth-order valence-corrected chi connectivity index (χ4v) is 4.11. The molecule has 1 aromatic carbocycles. The Hall–Kier alpha value is -2.12. The summed E-state index contributed by atoms with van der Waals surface area (Å²) in [5.74, 6) is 0. The lowest BCUT2D eigenvalue weighted by molar-refractivity contribution is 0.620. The van der Waals surface area contributed by atoms with E-state index in [0.29, 0.717) is 5.69 Å². The van der Waals surface area contributed by atoms with Crippen molar-refractivity contribution in [2.24, 2.45) is 0 Å². The molecule has 1 aromatic heterocycles. The van der Waals surface area contributed by atoms with Crippen molar-refractivity contribution in [1.29, 1.82) is 5.26 Å². The summed E-state index contributed by atoms with van der Waals surface area (Å²) in [6.45, 7) is 0. The largest absolute Gasteiger partial charge is 0.349 e. The molecular weight excluding hydrogens is 278 g/mol. The van der Waals surface area contributed by atoms with Gasteiger partial charge in [-0.3, -0.25) is 0 Å². The number of rotatable bonds is 1. The van der Waals surface area contributed by atoms with Crippen molar-refractivity contribution in [1.82, 2.24) is 4.98 Å². The van der Waals surface area contributed by atoms with Gasteiger partial charge in [-0.2, -0.15) is 5.26 Å². The van der Waals surface area contributed by atoms with Crippen LogP contribution in [-0.4, -0.2) is 9.97 Å². The van der Waals surface area contributed by atoms with Gasteiger partial charge < -0.3 is 10.3 Å². The van der Waals surface area contributed by atoms with Gasteiger partial charge in [0.25, 0.3) is 0 Å². The third-order valence-electron chi connectivity index (χ3n) is 4.79. The van der Waals surface area contributed by atoms with E-state index in [1.165, 1.54) is 18.4 Å². The molecule has 2 aromatic rings. The van der Waals surface area contributed by atoms with Crippen LogP contribution in [-0.2, 0) is 5.41 Å². The molecule has 0 atom stereocenters. The number of aromatic nitrogens is 1. The summed E-state index contributed by atoms with van der Waals surface area (Å²) in [6, 6.07) is 12.3. The summed E-state index contributed by atoms with van der Waals surface area (Å²) in [4.78, 5) is 4.13. The van der Waals surface area contributed by atoms with Gasteiger partial charge >= 0.3 is 0 Å². The van der Waals surface area contributed by atoms with E-state index in [9.17, 15) is 0 Å². The molecule has 1 aliphatic carbocycles. The minimum Gasteiger partial charge on any atom is -0.349 e. The van der Waals surface area contributed by atoms with Gasteiger partial charge in [0.15, 0.2) is 0 Å². The standard InChI is InChI=1S/C17H15N3S/c18-10-12-4-6-14(19-12)11-3-5-15-13(9-11)17(16(21)20-15)7-1-2-8-17/h3-6,9,19H,1-2,7-8H2,(H,20,21). The number of anilines is 1. The van der Waals surface area contributed by atoms with Crippen LogP contribution in [0.3, 0.4) is 0 Å². The van der Waals surface area contributed by atoms with E-state index in [0.717, 1.165) is 34.8 Å². The summed E-state index contributed by atoms with van der Waals surface area (Å²) in [5.41, 5.74) is 5.22. The van der Waals surface area contributed by atoms with E-state index in [2.05, 4.69) is 34.6 Å². The van der Waals surface area contributed by atoms with E-state index in [1.807, 2.05) is 12.1 Å². The average Bonchev–Trinajstić information content (AvgIpc) is 3.22. The van der Waals surface area contributed by atoms with Gasteiger partial charge in [-0.25, -0.2) is 0 Å². The van der Waals surface area contributed by atoms with Crippen LogP contribution in [0.15, 0.2) is 30.3 Å². The van der Waals surface area contributed by atoms with Gasteiger partial charge in [-0.05, 0) is 48.2 Å². The molecule has 2 N–H and O–H groups in total. The molecule has 0 radical (unpaired) electrons. The van der Waals surface area contributed by atoms with Crippen LogP contribution in [0.25, 0.3) is 11.3 Å². The van der Waals surface area contributed by atoms with Gasteiger partial charge in [0.1, 0.15) is 11.8 Å². The van der Waals surface area contributed by atoms with Crippen molar-refractivity contribution in [2.45, 2.75) is 31.1 Å². The van der Waals surface area contributed by atoms with Crippen molar-refractivity contribution in [3.63, 3.8) is 0 Å². The van der Waals surface area contributed by atoms with E-state index >= 15 is 0 Å². The molecular formula is C17H15N3S. The maximum Gasteiger partial charge on any atom is 0.118 e.